The van der Waals surface area contributed by atoms with Crippen LogP contribution in [0.15, 0.2) is 0 Å². The molecule has 11 heteroatoms. The van der Waals surface area contributed by atoms with Crippen molar-refractivity contribution in [2.75, 3.05) is 13.1 Å². The Hall–Kier alpha value is -0.575. The van der Waals surface area contributed by atoms with Gasteiger partial charge in [0.05, 0.1) is 6.04 Å². The predicted octanol–water partition coefficient (Wildman–Crippen LogP) is 0.490. The molecule has 28 heavy (non-hydrogen) atoms. The van der Waals surface area contributed by atoms with Gasteiger partial charge in [-0.2, -0.15) is 0 Å². The molecule has 2 fully saturated rings. The fourth-order valence-electron chi connectivity index (χ4n) is 4.54. The van der Waals surface area contributed by atoms with Gasteiger partial charge in [0.15, 0.2) is 0 Å². The van der Waals surface area contributed by atoms with Crippen LogP contribution in [-0.2, 0) is 9.59 Å². The first-order valence-corrected chi connectivity index (χ1v) is 9.59. The molecule has 0 aliphatic carbocycles. The number of amides is 1. The fraction of sp³-hybridized carbons (Fsp3) is 0.882. The zero-order valence-electron chi connectivity index (χ0n) is 16.5. The van der Waals surface area contributed by atoms with Crippen molar-refractivity contribution in [3.8, 4) is 0 Å². The molecule has 6 N–H and O–H groups in total. The Morgan fingerprint density at radius 3 is 2.46 bits per heavy atom. The maximum atomic E-state index is 12.7. The van der Waals surface area contributed by atoms with Gasteiger partial charge in [-0.05, 0) is 31.5 Å². The zero-order valence-corrected chi connectivity index (χ0v) is 18.2. The van der Waals surface area contributed by atoms with Crippen molar-refractivity contribution < 1.29 is 24.7 Å². The Morgan fingerprint density at radius 2 is 1.93 bits per heavy atom. The summed E-state index contributed by atoms with van der Waals surface area (Å²) in [5.41, 5.74) is 5.01. The van der Waals surface area contributed by atoms with E-state index in [2.05, 4.69) is 5.32 Å². The van der Waals surface area contributed by atoms with Crippen LogP contribution in [0.3, 0.4) is 0 Å². The highest BCUT2D eigenvalue weighted by Gasteiger charge is 2.58. The highest BCUT2D eigenvalue weighted by molar-refractivity contribution is 6.40. The Balaban J connectivity index is 0.00000364. The van der Waals surface area contributed by atoms with Gasteiger partial charge in [0.25, 0.3) is 0 Å². The molecule has 164 valence electrons. The average Bonchev–Trinajstić information content (AvgIpc) is 3.11. The largest absolute Gasteiger partial charge is 0.480 e. The molecule has 0 radical (unpaired) electrons. The van der Waals surface area contributed by atoms with Gasteiger partial charge in [-0.15, -0.1) is 24.8 Å². The summed E-state index contributed by atoms with van der Waals surface area (Å²) in [4.78, 5) is 26.5. The molecule has 2 saturated heterocycles. The van der Waals surface area contributed by atoms with E-state index in [0.717, 1.165) is 0 Å². The van der Waals surface area contributed by atoms with Crippen LogP contribution < -0.4 is 11.1 Å². The third kappa shape index (κ3) is 5.97. The van der Waals surface area contributed by atoms with Crippen LogP contribution in [0.4, 0.5) is 0 Å². The second kappa shape index (κ2) is 11.6. The first-order chi connectivity index (χ1) is 12.2. The fourth-order valence-corrected chi connectivity index (χ4v) is 4.54. The Labute approximate surface area is 179 Å². The maximum Gasteiger partial charge on any atom is 0.451 e. The number of halogens is 2. The molecular weight excluding hydrogens is 408 g/mol. The molecule has 0 aromatic rings. The summed E-state index contributed by atoms with van der Waals surface area (Å²) in [6, 6.07) is -0.681. The quantitative estimate of drug-likeness (QED) is 0.259. The van der Waals surface area contributed by atoms with Crippen LogP contribution in [0.25, 0.3) is 0 Å². The molecule has 0 unspecified atom stereocenters. The number of aliphatic carboxylic acids is 1. The first-order valence-electron chi connectivity index (χ1n) is 9.59. The number of nitrogens with zero attached hydrogens (tertiary/aromatic N) is 1. The van der Waals surface area contributed by atoms with E-state index >= 15 is 0 Å². The van der Waals surface area contributed by atoms with Gasteiger partial charge in [0, 0.05) is 25.0 Å². The number of rotatable bonds is 9. The zero-order chi connectivity index (χ0) is 19.5. The lowest BCUT2D eigenvalue weighted by atomic mass is 9.77. The van der Waals surface area contributed by atoms with Crippen molar-refractivity contribution >= 4 is 43.8 Å². The normalized spacial score (nSPS) is 27.0. The Bertz CT molecular complexity index is 529. The highest BCUT2D eigenvalue weighted by atomic mass is 35.5. The molecule has 0 aromatic carbocycles. The van der Waals surface area contributed by atoms with Gasteiger partial charge in [-0.1, -0.05) is 26.7 Å². The van der Waals surface area contributed by atoms with Crippen LogP contribution in [0, 0.1) is 11.8 Å². The number of hydrogen-bond acceptors (Lipinski definition) is 6. The smallest absolute Gasteiger partial charge is 0.451 e. The van der Waals surface area contributed by atoms with E-state index in [1.165, 1.54) is 0 Å². The molecule has 2 heterocycles. The number of fused-ring (bicyclic) bond motifs is 1. The molecule has 4 atom stereocenters. The van der Waals surface area contributed by atoms with Gasteiger partial charge >= 0.3 is 13.1 Å². The monoisotopic (exact) mass is 441 g/mol. The van der Waals surface area contributed by atoms with Crippen LogP contribution >= 0.6 is 24.8 Å². The van der Waals surface area contributed by atoms with Gasteiger partial charge < -0.3 is 25.8 Å². The van der Waals surface area contributed by atoms with E-state index in [-0.39, 0.29) is 49.0 Å². The van der Waals surface area contributed by atoms with Crippen LogP contribution in [0.2, 0.25) is 6.32 Å². The van der Waals surface area contributed by atoms with Crippen molar-refractivity contribution in [3.63, 3.8) is 0 Å². The number of carboxylic acids is 1. The summed E-state index contributed by atoms with van der Waals surface area (Å²) < 4.78 is 0. The number of carboxylic acid groups (broad SMARTS) is 1. The number of hydrogen-bond donors (Lipinski definition) is 5. The van der Waals surface area contributed by atoms with Crippen molar-refractivity contribution in [1.29, 1.82) is 0 Å². The van der Waals surface area contributed by atoms with Crippen molar-refractivity contribution in [1.82, 2.24) is 10.2 Å². The minimum Gasteiger partial charge on any atom is -0.480 e. The van der Waals surface area contributed by atoms with E-state index in [0.29, 0.717) is 51.1 Å². The summed E-state index contributed by atoms with van der Waals surface area (Å²) in [7, 11) is -1.36. The molecule has 0 bridgehead atoms. The standard InChI is InChI=1S/C17H32BN3O5.2ClH/c1-11(2)9-13(19)15(22)21-8-5-12-14(21)10-20-17(12,16(23)24)6-3-4-7-18(25)26;;/h11-14,20,25-26H,3-10,19H2,1-2H3,(H,23,24);2*1H/t12-,13-,14-,17+;;/m0../s1. The third-order valence-electron chi connectivity index (χ3n) is 5.80. The second-order valence-electron chi connectivity index (χ2n) is 8.11. The van der Waals surface area contributed by atoms with Crippen molar-refractivity contribution in [3.05, 3.63) is 0 Å². The molecule has 8 nitrogen and oxygen atoms in total. The van der Waals surface area contributed by atoms with E-state index in [1.807, 2.05) is 13.8 Å². The molecule has 2 rings (SSSR count). The summed E-state index contributed by atoms with van der Waals surface area (Å²) in [6.45, 7) is 5.05. The minimum absolute atomic E-state index is 0. The maximum absolute atomic E-state index is 12.7. The summed E-state index contributed by atoms with van der Waals surface area (Å²) in [5.74, 6) is -0.795. The lowest BCUT2D eigenvalue weighted by Gasteiger charge is -2.31. The van der Waals surface area contributed by atoms with Crippen LogP contribution in [0.1, 0.15) is 46.0 Å². The summed E-state index contributed by atoms with van der Waals surface area (Å²) in [6.07, 6.45) is 3.05. The third-order valence-corrected chi connectivity index (χ3v) is 5.80. The number of unbranched alkanes of at least 4 members (excludes halogenated alkanes) is 1. The van der Waals surface area contributed by atoms with Crippen molar-refractivity contribution in [2.45, 2.75) is 69.9 Å². The SMILES string of the molecule is CC(C)C[C@H](N)C(=O)N1CC[C@H]2[C@@H]1CN[C@@]2(CCCCB(O)O)C(=O)O.Cl.Cl. The highest BCUT2D eigenvalue weighted by Crippen LogP contribution is 2.41. The molecule has 2 aliphatic heterocycles. The van der Waals surface area contributed by atoms with E-state index in [4.69, 9.17) is 15.8 Å². The Morgan fingerprint density at radius 1 is 1.29 bits per heavy atom. The molecule has 2 aliphatic rings. The lowest BCUT2D eigenvalue weighted by Crippen LogP contribution is -2.52. The first kappa shape index (κ1) is 27.4. The van der Waals surface area contributed by atoms with E-state index < -0.39 is 24.7 Å². The minimum atomic E-state index is -1.36. The molecular formula is C17H34BCl2N3O5. The molecule has 1 amide bonds. The van der Waals surface area contributed by atoms with Gasteiger partial charge in [-0.3, -0.25) is 14.9 Å². The Kier molecular flexibility index (Phi) is 11.3. The predicted molar refractivity (Wildman–Crippen MR) is 113 cm³/mol. The van der Waals surface area contributed by atoms with E-state index in [9.17, 15) is 14.7 Å². The number of likely N-dealkylation sites (tertiary alicyclic amines) is 1. The average molecular weight is 442 g/mol. The van der Waals surface area contributed by atoms with Crippen LogP contribution in [-0.4, -0.2) is 69.8 Å². The number of nitrogens with one attached hydrogen (secondary N) is 1. The molecule has 0 spiro atoms. The van der Waals surface area contributed by atoms with Gasteiger partial charge in [-0.25, -0.2) is 0 Å². The second-order valence-corrected chi connectivity index (χ2v) is 8.11. The van der Waals surface area contributed by atoms with Gasteiger partial charge in [0.2, 0.25) is 5.91 Å². The topological polar surface area (TPSA) is 136 Å². The summed E-state index contributed by atoms with van der Waals surface area (Å²) >= 11 is 0. The molecule has 0 saturated carbocycles. The number of nitrogens with two attached hydrogens (primary N) is 1. The van der Waals surface area contributed by atoms with E-state index in [1.54, 1.807) is 4.90 Å². The number of carbonyl (C=O) groups excluding carboxylic acids is 1. The van der Waals surface area contributed by atoms with Crippen molar-refractivity contribution in [2.24, 2.45) is 17.6 Å². The molecule has 0 aromatic heterocycles. The lowest BCUT2D eigenvalue weighted by molar-refractivity contribution is -0.147. The van der Waals surface area contributed by atoms with Crippen LogP contribution in [0.5, 0.6) is 0 Å². The summed E-state index contributed by atoms with van der Waals surface area (Å²) in [5, 5.41) is 30.9. The number of carbonyl (C=O) groups is 2. The van der Waals surface area contributed by atoms with Gasteiger partial charge in [0.1, 0.15) is 5.54 Å².